The fraction of sp³-hybridized carbons (Fsp3) is 0.966. The minimum Gasteiger partial charge on any atom is -0.345 e. The van der Waals surface area contributed by atoms with Crippen LogP contribution < -0.4 is 0 Å². The molecule has 0 aliphatic carbocycles. The SMILES string of the molecule is CCCCCCCCCCCCCCCCN(C=O)CCCCCCCCCCCC. The molecule has 0 N–H and O–H groups in total. The van der Waals surface area contributed by atoms with Crippen LogP contribution in [0.25, 0.3) is 0 Å². The zero-order valence-corrected chi connectivity index (χ0v) is 21.8. The topological polar surface area (TPSA) is 20.3 Å². The minimum atomic E-state index is 0.971. The molecule has 1 amide bonds. The summed E-state index contributed by atoms with van der Waals surface area (Å²) < 4.78 is 0. The number of nitrogens with zero attached hydrogens (tertiary/aromatic N) is 1. The molecule has 0 rings (SSSR count). The van der Waals surface area contributed by atoms with Gasteiger partial charge in [-0.05, 0) is 12.8 Å². The first-order valence-electron chi connectivity index (χ1n) is 14.5. The zero-order valence-electron chi connectivity index (χ0n) is 21.8. The van der Waals surface area contributed by atoms with E-state index in [9.17, 15) is 4.79 Å². The molecule has 0 atom stereocenters. The zero-order chi connectivity index (χ0) is 22.7. The third kappa shape index (κ3) is 25.6. The van der Waals surface area contributed by atoms with E-state index in [1.165, 1.54) is 154 Å². The molecule has 0 aliphatic heterocycles. The normalized spacial score (nSPS) is 11.2. The highest BCUT2D eigenvalue weighted by Gasteiger charge is 2.01. The second-order valence-corrected chi connectivity index (χ2v) is 9.92. The third-order valence-electron chi connectivity index (χ3n) is 6.75. The van der Waals surface area contributed by atoms with Crippen molar-refractivity contribution in [2.45, 2.75) is 168 Å². The van der Waals surface area contributed by atoms with Crippen molar-refractivity contribution in [1.82, 2.24) is 4.90 Å². The lowest BCUT2D eigenvalue weighted by atomic mass is 10.0. The van der Waals surface area contributed by atoms with Crippen LogP contribution in [-0.4, -0.2) is 24.4 Å². The average molecular weight is 438 g/mol. The summed E-state index contributed by atoms with van der Waals surface area (Å²) in [6, 6.07) is 0. The first-order chi connectivity index (χ1) is 15.3. The van der Waals surface area contributed by atoms with Crippen LogP contribution in [0.4, 0.5) is 0 Å². The molecule has 2 nitrogen and oxygen atoms in total. The molecule has 0 saturated heterocycles. The van der Waals surface area contributed by atoms with Crippen molar-refractivity contribution in [1.29, 1.82) is 0 Å². The molecule has 0 aromatic heterocycles. The van der Waals surface area contributed by atoms with Crippen molar-refractivity contribution < 1.29 is 4.79 Å². The van der Waals surface area contributed by atoms with E-state index in [2.05, 4.69) is 13.8 Å². The van der Waals surface area contributed by atoms with Crippen molar-refractivity contribution in [2.75, 3.05) is 13.1 Å². The van der Waals surface area contributed by atoms with Crippen molar-refractivity contribution in [3.63, 3.8) is 0 Å². The van der Waals surface area contributed by atoms with E-state index < -0.39 is 0 Å². The predicted molar refractivity (Wildman–Crippen MR) is 140 cm³/mol. The highest BCUT2D eigenvalue weighted by Crippen LogP contribution is 2.14. The molecule has 0 unspecified atom stereocenters. The molecule has 0 aromatic rings. The van der Waals surface area contributed by atoms with Crippen LogP contribution in [0.5, 0.6) is 0 Å². The molecule has 0 bridgehead atoms. The maximum absolute atomic E-state index is 11.3. The van der Waals surface area contributed by atoms with Crippen LogP contribution in [0.3, 0.4) is 0 Å². The van der Waals surface area contributed by atoms with Gasteiger partial charge in [-0.1, -0.05) is 155 Å². The number of rotatable bonds is 27. The van der Waals surface area contributed by atoms with E-state index in [1.54, 1.807) is 0 Å². The summed E-state index contributed by atoms with van der Waals surface area (Å²) in [6.45, 7) is 6.51. The molecule has 186 valence electrons. The maximum Gasteiger partial charge on any atom is 0.209 e. The number of hydrogen-bond acceptors (Lipinski definition) is 1. The van der Waals surface area contributed by atoms with E-state index in [-0.39, 0.29) is 0 Å². The van der Waals surface area contributed by atoms with E-state index in [0.29, 0.717) is 0 Å². The van der Waals surface area contributed by atoms with Crippen LogP contribution in [0.2, 0.25) is 0 Å². The highest BCUT2D eigenvalue weighted by molar-refractivity contribution is 5.46. The van der Waals surface area contributed by atoms with Crippen LogP contribution >= 0.6 is 0 Å². The third-order valence-corrected chi connectivity index (χ3v) is 6.75. The standard InChI is InChI=1S/C29H59NO/c1-3-5-7-9-11-13-15-16-17-18-20-22-24-26-28-30(29-31)27-25-23-21-19-14-12-10-8-6-4-2/h29H,3-28H2,1-2H3. The van der Waals surface area contributed by atoms with Gasteiger partial charge in [0.25, 0.3) is 0 Å². The molecule has 0 heterocycles. The highest BCUT2D eigenvalue weighted by atomic mass is 16.1. The van der Waals surface area contributed by atoms with E-state index in [0.717, 1.165) is 19.5 Å². The molecule has 0 aliphatic rings. The molecule has 0 aromatic carbocycles. The molecule has 0 fully saturated rings. The Kier molecular flexibility index (Phi) is 27.0. The first kappa shape index (κ1) is 30.5. The Labute approximate surface area is 197 Å². The molecular formula is C29H59NO. The van der Waals surface area contributed by atoms with Gasteiger partial charge in [-0.25, -0.2) is 0 Å². The Morgan fingerprint density at radius 3 is 0.839 bits per heavy atom. The lowest BCUT2D eigenvalue weighted by Crippen LogP contribution is -2.24. The fourth-order valence-electron chi connectivity index (χ4n) is 4.53. The number of hydrogen-bond donors (Lipinski definition) is 0. The van der Waals surface area contributed by atoms with Crippen LogP contribution in [0, 0.1) is 0 Å². The number of unbranched alkanes of at least 4 members (excludes halogenated alkanes) is 22. The second kappa shape index (κ2) is 27.5. The van der Waals surface area contributed by atoms with Crippen molar-refractivity contribution in [3.05, 3.63) is 0 Å². The van der Waals surface area contributed by atoms with Gasteiger partial charge in [-0.3, -0.25) is 4.79 Å². The predicted octanol–water partition coefficient (Wildman–Crippen LogP) is 9.85. The number of carbonyl (C=O) groups is 1. The molecule has 2 heteroatoms. The molecular weight excluding hydrogens is 378 g/mol. The quantitative estimate of drug-likeness (QED) is 0.0924. The lowest BCUT2D eigenvalue weighted by Gasteiger charge is -2.17. The maximum atomic E-state index is 11.3. The Hall–Kier alpha value is -0.530. The number of amides is 1. The smallest absolute Gasteiger partial charge is 0.209 e. The molecule has 31 heavy (non-hydrogen) atoms. The van der Waals surface area contributed by atoms with Gasteiger partial charge < -0.3 is 4.90 Å². The Morgan fingerprint density at radius 2 is 0.613 bits per heavy atom. The summed E-state index contributed by atoms with van der Waals surface area (Å²) in [7, 11) is 0. The van der Waals surface area contributed by atoms with Gasteiger partial charge in [0.2, 0.25) is 6.41 Å². The average Bonchev–Trinajstić information content (AvgIpc) is 2.79. The summed E-state index contributed by atoms with van der Waals surface area (Å²) in [5.74, 6) is 0. The lowest BCUT2D eigenvalue weighted by molar-refractivity contribution is -0.118. The van der Waals surface area contributed by atoms with Crippen molar-refractivity contribution >= 4 is 6.41 Å². The monoisotopic (exact) mass is 437 g/mol. The second-order valence-electron chi connectivity index (χ2n) is 9.92. The largest absolute Gasteiger partial charge is 0.345 e. The van der Waals surface area contributed by atoms with Crippen LogP contribution in [-0.2, 0) is 4.79 Å². The van der Waals surface area contributed by atoms with Gasteiger partial charge in [0.1, 0.15) is 0 Å². The summed E-state index contributed by atoms with van der Waals surface area (Å²) >= 11 is 0. The minimum absolute atomic E-state index is 0.971. The van der Waals surface area contributed by atoms with Gasteiger partial charge in [0.15, 0.2) is 0 Å². The summed E-state index contributed by atoms with van der Waals surface area (Å²) in [6.07, 6.45) is 34.2. The van der Waals surface area contributed by atoms with Crippen molar-refractivity contribution in [3.8, 4) is 0 Å². The summed E-state index contributed by atoms with van der Waals surface area (Å²) in [4.78, 5) is 13.3. The number of carbonyl (C=O) groups excluding carboxylic acids is 1. The van der Waals surface area contributed by atoms with E-state index >= 15 is 0 Å². The summed E-state index contributed by atoms with van der Waals surface area (Å²) in [5, 5.41) is 0. The van der Waals surface area contributed by atoms with Crippen LogP contribution in [0.1, 0.15) is 168 Å². The Morgan fingerprint density at radius 1 is 0.387 bits per heavy atom. The fourth-order valence-corrected chi connectivity index (χ4v) is 4.53. The van der Waals surface area contributed by atoms with Gasteiger partial charge in [-0.15, -0.1) is 0 Å². The molecule has 0 saturated carbocycles. The molecule has 0 spiro atoms. The van der Waals surface area contributed by atoms with Gasteiger partial charge in [0, 0.05) is 13.1 Å². The van der Waals surface area contributed by atoms with Gasteiger partial charge >= 0.3 is 0 Å². The molecule has 0 radical (unpaired) electrons. The van der Waals surface area contributed by atoms with Gasteiger partial charge in [-0.2, -0.15) is 0 Å². The van der Waals surface area contributed by atoms with Crippen LogP contribution in [0.15, 0.2) is 0 Å². The van der Waals surface area contributed by atoms with Crippen molar-refractivity contribution in [2.24, 2.45) is 0 Å². The van der Waals surface area contributed by atoms with E-state index in [4.69, 9.17) is 0 Å². The summed E-state index contributed by atoms with van der Waals surface area (Å²) in [5.41, 5.74) is 0. The first-order valence-corrected chi connectivity index (χ1v) is 14.5. The van der Waals surface area contributed by atoms with Gasteiger partial charge in [0.05, 0.1) is 0 Å². The Balaban J connectivity index is 3.27. The van der Waals surface area contributed by atoms with E-state index in [1.807, 2.05) is 4.90 Å². The Bertz CT molecular complexity index is 331.